The predicted octanol–water partition coefficient (Wildman–Crippen LogP) is 11.0. The Morgan fingerprint density at radius 3 is 0.733 bits per heavy atom. The van der Waals surface area contributed by atoms with E-state index >= 15 is 0 Å². The molecule has 0 atom stereocenters. The molecule has 12 nitrogen and oxygen atoms in total. The Labute approximate surface area is 355 Å². The molecule has 332 valence electrons. The van der Waals surface area contributed by atoms with Gasteiger partial charge in [0.05, 0.1) is 0 Å². The number of carbonyl (C=O) groups is 6. The summed E-state index contributed by atoms with van der Waals surface area (Å²) in [5.74, 6) is -4.85. The van der Waals surface area contributed by atoms with Gasteiger partial charge in [-0.25, -0.2) is 0 Å². The first-order valence-electron chi connectivity index (χ1n) is 22.4. The van der Waals surface area contributed by atoms with Gasteiger partial charge >= 0.3 is 35.8 Å². The average Bonchev–Trinajstić information content (AvgIpc) is 3.24. The van der Waals surface area contributed by atoms with Crippen LogP contribution in [0.15, 0.2) is 60.7 Å². The van der Waals surface area contributed by atoms with E-state index in [4.69, 9.17) is 19.7 Å². The molecule has 0 saturated heterocycles. The van der Waals surface area contributed by atoms with E-state index in [1.54, 1.807) is 48.5 Å². The molecule has 0 bridgehead atoms. The lowest BCUT2D eigenvalue weighted by atomic mass is 9.77. The monoisotopic (exact) mass is 836 g/mol. The maximum atomic E-state index is 12.6. The van der Waals surface area contributed by atoms with Crippen molar-refractivity contribution in [1.29, 1.82) is 0 Å². The number of carbonyl (C=O) groups excluding carboxylic acids is 2. The van der Waals surface area contributed by atoms with E-state index in [0.29, 0.717) is 50.0 Å². The molecule has 3 fully saturated rings. The van der Waals surface area contributed by atoms with Gasteiger partial charge in [-0.3, -0.25) is 28.8 Å². The van der Waals surface area contributed by atoms with Crippen molar-refractivity contribution in [3.63, 3.8) is 0 Å². The number of benzene rings is 2. The van der Waals surface area contributed by atoms with Crippen molar-refractivity contribution in [3.8, 4) is 11.5 Å². The number of rotatable bonds is 8. The molecule has 3 aliphatic rings. The molecule has 60 heavy (non-hydrogen) atoms. The summed E-state index contributed by atoms with van der Waals surface area (Å²) in [6.07, 6.45) is 22.5. The van der Waals surface area contributed by atoms with Crippen LogP contribution in [0, 0.1) is 16.2 Å². The van der Waals surface area contributed by atoms with Crippen LogP contribution in [-0.2, 0) is 28.8 Å². The quantitative estimate of drug-likeness (QED) is 0.111. The van der Waals surface area contributed by atoms with Crippen LogP contribution >= 0.6 is 0 Å². The molecule has 0 heterocycles. The number of para-hydroxylation sites is 2. The second-order valence-corrected chi connectivity index (χ2v) is 16.8. The summed E-state index contributed by atoms with van der Waals surface area (Å²) in [4.78, 5) is 71.3. The van der Waals surface area contributed by atoms with Crippen LogP contribution in [0.4, 0.5) is 0 Å². The second kappa shape index (κ2) is 26.5. The van der Waals surface area contributed by atoms with Crippen molar-refractivity contribution >= 4 is 35.8 Å². The Morgan fingerprint density at radius 1 is 0.317 bits per heavy atom. The Hall–Kier alpha value is -4.74. The summed E-state index contributed by atoms with van der Waals surface area (Å²) >= 11 is 0. The highest BCUT2D eigenvalue weighted by Crippen LogP contribution is 2.38. The van der Waals surface area contributed by atoms with Crippen LogP contribution in [-0.4, -0.2) is 56.2 Å². The van der Waals surface area contributed by atoms with Crippen molar-refractivity contribution in [2.45, 2.75) is 173 Å². The molecule has 4 N–H and O–H groups in total. The highest BCUT2D eigenvalue weighted by atomic mass is 16.5. The van der Waals surface area contributed by atoms with Crippen LogP contribution in [0.25, 0.3) is 0 Å². The fourth-order valence-electron chi connectivity index (χ4n) is 8.50. The number of esters is 2. The first kappa shape index (κ1) is 49.6. The predicted molar refractivity (Wildman–Crippen MR) is 227 cm³/mol. The fraction of sp³-hybridized carbons (Fsp3) is 0.625. The third-order valence-corrected chi connectivity index (χ3v) is 12.4. The number of carboxylic acid groups (broad SMARTS) is 4. The zero-order valence-corrected chi connectivity index (χ0v) is 35.4. The Morgan fingerprint density at radius 2 is 0.517 bits per heavy atom. The molecule has 3 saturated carbocycles. The Bertz CT molecular complexity index is 1480. The Balaban J connectivity index is 0.000000244. The SMILES string of the molecule is O=C(O)C1(C(=O)O)CCCCCCCCC1.O=C(O)C1(C(=O)Oc2ccccc2)CCCCCCCCC1.O=C(O)C1(C(=O)Oc2ccccc2)CCCCCCCCC1. The van der Waals surface area contributed by atoms with E-state index < -0.39 is 52.1 Å². The molecule has 0 aliphatic heterocycles. The van der Waals surface area contributed by atoms with Crippen molar-refractivity contribution in [1.82, 2.24) is 0 Å². The molecule has 2 aromatic rings. The zero-order chi connectivity index (χ0) is 43.7. The molecule has 0 unspecified atom stereocenters. The lowest BCUT2D eigenvalue weighted by Gasteiger charge is -2.28. The van der Waals surface area contributed by atoms with Crippen molar-refractivity contribution < 1.29 is 58.7 Å². The van der Waals surface area contributed by atoms with Crippen LogP contribution < -0.4 is 9.47 Å². The van der Waals surface area contributed by atoms with Gasteiger partial charge in [0.1, 0.15) is 11.5 Å². The average molecular weight is 837 g/mol. The van der Waals surface area contributed by atoms with Gasteiger partial charge in [-0.1, -0.05) is 171 Å². The van der Waals surface area contributed by atoms with Crippen LogP contribution in [0.2, 0.25) is 0 Å². The van der Waals surface area contributed by atoms with Crippen LogP contribution in [0.5, 0.6) is 11.5 Å². The van der Waals surface area contributed by atoms with E-state index in [0.717, 1.165) is 103 Å². The summed E-state index contributed by atoms with van der Waals surface area (Å²) in [7, 11) is 0. The van der Waals surface area contributed by atoms with Crippen molar-refractivity contribution in [3.05, 3.63) is 60.7 Å². The van der Waals surface area contributed by atoms with Gasteiger partial charge in [0.25, 0.3) is 0 Å². The maximum absolute atomic E-state index is 12.6. The number of hydrogen-bond donors (Lipinski definition) is 4. The minimum atomic E-state index is -1.53. The van der Waals surface area contributed by atoms with E-state index in [2.05, 4.69) is 0 Å². The minimum absolute atomic E-state index is 0.275. The summed E-state index contributed by atoms with van der Waals surface area (Å²) in [6.45, 7) is 0. The molecule has 5 rings (SSSR count). The fourth-order valence-corrected chi connectivity index (χ4v) is 8.50. The molecule has 3 aliphatic carbocycles. The van der Waals surface area contributed by atoms with E-state index in [9.17, 15) is 39.0 Å². The van der Waals surface area contributed by atoms with Crippen LogP contribution in [0.1, 0.15) is 173 Å². The molecular weight excluding hydrogens is 769 g/mol. The number of carboxylic acids is 4. The Kier molecular flexibility index (Phi) is 21.9. The molecule has 12 heteroatoms. The standard InChI is InChI=1S/2C18H24O4.C12H20O4/c2*19-16(20)18(13-9-4-2-1-3-5-10-14-18)17(21)22-15-11-7-6-8-12-15;13-10(14)12(11(15)16)8-6-4-2-1-3-5-7-9-12/h2*6-8,11-12H,1-5,9-10,13-14H2,(H,19,20);1-9H2,(H,13,14)(H,15,16). The van der Waals surface area contributed by atoms with Crippen molar-refractivity contribution in [2.24, 2.45) is 16.2 Å². The lowest BCUT2D eigenvalue weighted by molar-refractivity contribution is -0.167. The minimum Gasteiger partial charge on any atom is -0.480 e. The van der Waals surface area contributed by atoms with Gasteiger partial charge in [-0.2, -0.15) is 0 Å². The molecule has 0 radical (unpaired) electrons. The smallest absolute Gasteiger partial charge is 0.328 e. The molecule has 0 aromatic heterocycles. The third kappa shape index (κ3) is 15.4. The number of ether oxygens (including phenoxy) is 2. The normalized spacial score (nSPS) is 19.9. The van der Waals surface area contributed by atoms with Gasteiger partial charge in [-0.05, 0) is 62.8 Å². The van der Waals surface area contributed by atoms with Gasteiger partial charge < -0.3 is 29.9 Å². The summed E-state index contributed by atoms with van der Waals surface area (Å²) < 4.78 is 10.7. The largest absolute Gasteiger partial charge is 0.480 e. The third-order valence-electron chi connectivity index (χ3n) is 12.4. The first-order valence-corrected chi connectivity index (χ1v) is 22.4. The summed E-state index contributed by atoms with van der Waals surface area (Å²) in [6, 6.07) is 17.4. The van der Waals surface area contributed by atoms with E-state index in [-0.39, 0.29) is 12.8 Å². The number of aliphatic carboxylic acids is 4. The molecule has 0 spiro atoms. The van der Waals surface area contributed by atoms with Gasteiger partial charge in [0.15, 0.2) is 16.2 Å². The lowest BCUT2D eigenvalue weighted by Crippen LogP contribution is -2.42. The van der Waals surface area contributed by atoms with Gasteiger partial charge in [-0.15, -0.1) is 0 Å². The topological polar surface area (TPSA) is 202 Å². The molecule has 2 aromatic carbocycles. The highest BCUT2D eigenvalue weighted by Gasteiger charge is 2.48. The van der Waals surface area contributed by atoms with Crippen LogP contribution in [0.3, 0.4) is 0 Å². The highest BCUT2D eigenvalue weighted by molar-refractivity contribution is 6.01. The number of hydrogen-bond acceptors (Lipinski definition) is 8. The zero-order valence-electron chi connectivity index (χ0n) is 35.4. The first-order chi connectivity index (χ1) is 28.9. The molecular formula is C48H68O12. The molecule has 0 amide bonds. The van der Waals surface area contributed by atoms with Gasteiger partial charge in [0.2, 0.25) is 0 Å². The summed E-state index contributed by atoms with van der Waals surface area (Å²) in [5, 5.41) is 37.7. The maximum Gasteiger partial charge on any atom is 0.328 e. The summed E-state index contributed by atoms with van der Waals surface area (Å²) in [5.41, 5.74) is -4.32. The van der Waals surface area contributed by atoms with E-state index in [1.165, 1.54) is 19.3 Å². The van der Waals surface area contributed by atoms with Crippen molar-refractivity contribution in [2.75, 3.05) is 0 Å². The van der Waals surface area contributed by atoms with E-state index in [1.807, 2.05) is 12.1 Å². The van der Waals surface area contributed by atoms with Gasteiger partial charge in [0, 0.05) is 0 Å². The second-order valence-electron chi connectivity index (χ2n) is 16.8.